The van der Waals surface area contributed by atoms with Gasteiger partial charge in [0.15, 0.2) is 23.1 Å². The van der Waals surface area contributed by atoms with Gasteiger partial charge < -0.3 is 11.5 Å². The number of alkyl halides is 1. The first-order chi connectivity index (χ1) is 6.14. The van der Waals surface area contributed by atoms with Gasteiger partial charge in [0, 0.05) is 0 Å². The molecule has 0 heterocycles. The molecule has 0 radical (unpaired) electrons. The molecule has 1 rings (SSSR count). The van der Waals surface area contributed by atoms with Crippen molar-refractivity contribution < 1.29 is 17.6 Å². The minimum atomic E-state index is -2.85. The predicted octanol–water partition coefficient (Wildman–Crippen LogP) is 1.74. The zero-order valence-electron chi connectivity index (χ0n) is 7.67. The number of halogens is 4. The smallest absolute Gasteiger partial charge is 0.185 e. The SMILES string of the molecule is CC1(N)C(F)=C(F)C(N)=C(F)C1(C)F. The molecule has 1 aliphatic rings. The second kappa shape index (κ2) is 2.73. The first-order valence-electron chi connectivity index (χ1n) is 3.83. The average Bonchev–Trinajstić information content (AvgIpc) is 2.10. The van der Waals surface area contributed by atoms with Crippen LogP contribution in [0.4, 0.5) is 17.6 Å². The highest BCUT2D eigenvalue weighted by Crippen LogP contribution is 2.45. The van der Waals surface area contributed by atoms with Crippen molar-refractivity contribution in [2.45, 2.75) is 25.1 Å². The van der Waals surface area contributed by atoms with Gasteiger partial charge in [-0.25, -0.2) is 17.6 Å². The summed E-state index contributed by atoms with van der Waals surface area (Å²) in [5.74, 6) is -4.80. The average molecular weight is 210 g/mol. The third-order valence-corrected chi connectivity index (χ3v) is 2.51. The number of nitrogens with two attached hydrogens (primary N) is 2. The molecule has 0 aromatic carbocycles. The maximum absolute atomic E-state index is 13.6. The fraction of sp³-hybridized carbons (Fsp3) is 0.500. The highest BCUT2D eigenvalue weighted by molar-refractivity contribution is 5.44. The normalized spacial score (nSPS) is 39.4. The van der Waals surface area contributed by atoms with E-state index in [0.29, 0.717) is 6.92 Å². The Labute approximate surface area is 78.3 Å². The van der Waals surface area contributed by atoms with Gasteiger partial charge in [-0.2, -0.15) is 0 Å². The second-order valence-corrected chi connectivity index (χ2v) is 3.56. The Bertz CT molecular complexity index is 307. The molecule has 80 valence electrons. The van der Waals surface area contributed by atoms with E-state index in [9.17, 15) is 17.6 Å². The van der Waals surface area contributed by atoms with Gasteiger partial charge >= 0.3 is 0 Å². The number of rotatable bonds is 0. The molecule has 2 atom stereocenters. The zero-order chi connectivity index (χ0) is 11.3. The van der Waals surface area contributed by atoms with Crippen molar-refractivity contribution in [3.63, 3.8) is 0 Å². The Morgan fingerprint density at radius 1 is 1.07 bits per heavy atom. The molecule has 0 bridgehead atoms. The fourth-order valence-electron chi connectivity index (χ4n) is 1.13. The Hall–Kier alpha value is -1.04. The molecule has 4 N–H and O–H groups in total. The van der Waals surface area contributed by atoms with Gasteiger partial charge in [0.25, 0.3) is 0 Å². The topological polar surface area (TPSA) is 52.0 Å². The fourth-order valence-corrected chi connectivity index (χ4v) is 1.13. The minimum absolute atomic E-state index is 0.710. The number of allylic oxidation sites excluding steroid dienone is 1. The van der Waals surface area contributed by atoms with Crippen LogP contribution < -0.4 is 11.5 Å². The van der Waals surface area contributed by atoms with Crippen LogP contribution in [0.3, 0.4) is 0 Å². The molecule has 2 unspecified atom stereocenters. The van der Waals surface area contributed by atoms with Gasteiger partial charge in [0.1, 0.15) is 11.2 Å². The van der Waals surface area contributed by atoms with Crippen molar-refractivity contribution in [2.75, 3.05) is 0 Å². The van der Waals surface area contributed by atoms with Crippen LogP contribution in [-0.4, -0.2) is 11.2 Å². The molecule has 0 aromatic heterocycles. The molecule has 1 aliphatic carbocycles. The van der Waals surface area contributed by atoms with Crippen molar-refractivity contribution in [3.05, 3.63) is 23.2 Å². The molecule has 0 saturated carbocycles. The summed E-state index contributed by atoms with van der Waals surface area (Å²) in [5.41, 5.74) is 3.60. The summed E-state index contributed by atoms with van der Waals surface area (Å²) in [7, 11) is 0. The lowest BCUT2D eigenvalue weighted by Crippen LogP contribution is -2.57. The zero-order valence-corrected chi connectivity index (χ0v) is 7.67. The third-order valence-electron chi connectivity index (χ3n) is 2.51. The Morgan fingerprint density at radius 3 is 1.93 bits per heavy atom. The standard InChI is InChI=1S/C8H10F4N2/c1-7(12)6(11)4(13)3(9)5(10)8(7,2)14/h13-14H2,1-2H3. The summed E-state index contributed by atoms with van der Waals surface area (Å²) in [4.78, 5) is 0. The summed E-state index contributed by atoms with van der Waals surface area (Å²) >= 11 is 0. The summed E-state index contributed by atoms with van der Waals surface area (Å²) in [6.07, 6.45) is 0. The maximum atomic E-state index is 13.6. The van der Waals surface area contributed by atoms with Crippen molar-refractivity contribution in [1.29, 1.82) is 0 Å². The van der Waals surface area contributed by atoms with Crippen LogP contribution in [0.25, 0.3) is 0 Å². The van der Waals surface area contributed by atoms with Crippen LogP contribution in [0.15, 0.2) is 23.2 Å². The van der Waals surface area contributed by atoms with E-state index in [2.05, 4.69) is 0 Å². The van der Waals surface area contributed by atoms with Gasteiger partial charge in [-0.15, -0.1) is 0 Å². The Kier molecular flexibility index (Phi) is 2.15. The molecule has 14 heavy (non-hydrogen) atoms. The van der Waals surface area contributed by atoms with E-state index in [0.717, 1.165) is 6.92 Å². The first kappa shape index (κ1) is 11.0. The van der Waals surface area contributed by atoms with Crippen molar-refractivity contribution >= 4 is 0 Å². The first-order valence-corrected chi connectivity index (χ1v) is 3.83. The van der Waals surface area contributed by atoms with E-state index >= 15 is 0 Å². The van der Waals surface area contributed by atoms with Crippen LogP contribution in [-0.2, 0) is 0 Å². The lowest BCUT2D eigenvalue weighted by atomic mass is 9.78. The van der Waals surface area contributed by atoms with Gasteiger partial charge in [-0.1, -0.05) is 0 Å². The molecule has 2 nitrogen and oxygen atoms in total. The lowest BCUT2D eigenvalue weighted by Gasteiger charge is -2.38. The summed E-state index contributed by atoms with van der Waals surface area (Å²) in [6, 6.07) is 0. The summed E-state index contributed by atoms with van der Waals surface area (Å²) in [6.45, 7) is 1.56. The number of hydrogen-bond donors (Lipinski definition) is 2. The van der Waals surface area contributed by atoms with E-state index in [4.69, 9.17) is 11.5 Å². The summed E-state index contributed by atoms with van der Waals surface area (Å²) < 4.78 is 52.8. The molecule has 6 heteroatoms. The van der Waals surface area contributed by atoms with E-state index in [-0.39, 0.29) is 0 Å². The van der Waals surface area contributed by atoms with E-state index < -0.39 is 34.4 Å². The highest BCUT2D eigenvalue weighted by atomic mass is 19.2. The van der Waals surface area contributed by atoms with Crippen LogP contribution in [0.1, 0.15) is 13.8 Å². The van der Waals surface area contributed by atoms with Crippen LogP contribution in [0.2, 0.25) is 0 Å². The molecular formula is C8H10F4N2. The lowest BCUT2D eigenvalue weighted by molar-refractivity contribution is 0.0941. The molecule has 0 aromatic rings. The molecular weight excluding hydrogens is 200 g/mol. The highest BCUT2D eigenvalue weighted by Gasteiger charge is 2.55. The second-order valence-electron chi connectivity index (χ2n) is 3.56. The monoisotopic (exact) mass is 210 g/mol. The van der Waals surface area contributed by atoms with Crippen molar-refractivity contribution in [1.82, 2.24) is 0 Å². The molecule has 0 amide bonds. The van der Waals surface area contributed by atoms with E-state index in [1.807, 2.05) is 0 Å². The predicted molar refractivity (Wildman–Crippen MR) is 43.7 cm³/mol. The van der Waals surface area contributed by atoms with Gasteiger partial charge in [-0.3, -0.25) is 0 Å². The molecule has 0 fully saturated rings. The maximum Gasteiger partial charge on any atom is 0.185 e. The van der Waals surface area contributed by atoms with E-state index in [1.54, 1.807) is 0 Å². The van der Waals surface area contributed by atoms with Gasteiger partial charge in [-0.05, 0) is 13.8 Å². The van der Waals surface area contributed by atoms with Crippen molar-refractivity contribution in [3.8, 4) is 0 Å². The number of hydrogen-bond acceptors (Lipinski definition) is 2. The van der Waals surface area contributed by atoms with Gasteiger partial charge in [0.05, 0.1) is 0 Å². The van der Waals surface area contributed by atoms with E-state index in [1.165, 1.54) is 0 Å². The Balaban J connectivity index is 3.48. The van der Waals surface area contributed by atoms with Crippen LogP contribution in [0.5, 0.6) is 0 Å². The third kappa shape index (κ3) is 1.06. The minimum Gasteiger partial charge on any atom is -0.394 e. The quantitative estimate of drug-likeness (QED) is 0.598. The largest absolute Gasteiger partial charge is 0.394 e. The van der Waals surface area contributed by atoms with Crippen molar-refractivity contribution in [2.24, 2.45) is 11.5 Å². The van der Waals surface area contributed by atoms with Gasteiger partial charge in [0.2, 0.25) is 0 Å². The Morgan fingerprint density at radius 2 is 1.50 bits per heavy atom. The van der Waals surface area contributed by atoms with Crippen LogP contribution >= 0.6 is 0 Å². The molecule has 0 aliphatic heterocycles. The summed E-state index contributed by atoms with van der Waals surface area (Å²) in [5, 5.41) is 0. The van der Waals surface area contributed by atoms with Crippen LogP contribution in [0, 0.1) is 0 Å². The molecule has 0 saturated heterocycles. The molecule has 0 spiro atoms.